The summed E-state index contributed by atoms with van der Waals surface area (Å²) in [5.41, 5.74) is 0.851. The van der Waals surface area contributed by atoms with E-state index in [0.29, 0.717) is 23.7 Å². The molecule has 0 aliphatic heterocycles. The Bertz CT molecular complexity index is 959. The van der Waals surface area contributed by atoms with Crippen molar-refractivity contribution in [1.29, 1.82) is 0 Å². The van der Waals surface area contributed by atoms with E-state index in [4.69, 9.17) is 17.0 Å². The number of hydrogen-bond donors (Lipinski definition) is 1. The number of hydrogen-bond acceptors (Lipinski definition) is 5. The average molecular weight is 401 g/mol. The summed E-state index contributed by atoms with van der Waals surface area (Å²) in [7, 11) is 1.62. The molecule has 2 heterocycles. The molecule has 8 heteroatoms. The molecule has 0 radical (unpaired) electrons. The van der Waals surface area contributed by atoms with Gasteiger partial charge in [0.15, 0.2) is 10.6 Å². The number of carbonyl (C=O) groups excluding carboxylic acids is 1. The second-order valence-corrected chi connectivity index (χ2v) is 7.23. The van der Waals surface area contributed by atoms with Crippen molar-refractivity contribution in [3.05, 3.63) is 64.1 Å². The SMILES string of the molecule is C=CCN(Cc1cccs1)C(=O)Cn1c(-c2ccc(OC)cc2)n[nH]c1=S. The Morgan fingerprint density at radius 1 is 1.41 bits per heavy atom. The lowest BCUT2D eigenvalue weighted by Crippen LogP contribution is -2.33. The number of rotatable bonds is 8. The number of nitrogens with zero attached hydrogens (tertiary/aromatic N) is 3. The number of aromatic amines is 1. The van der Waals surface area contributed by atoms with Crippen molar-refractivity contribution in [1.82, 2.24) is 19.7 Å². The number of amides is 1. The van der Waals surface area contributed by atoms with Gasteiger partial charge in [-0.25, -0.2) is 0 Å². The Morgan fingerprint density at radius 2 is 2.19 bits per heavy atom. The fraction of sp³-hybridized carbons (Fsp3) is 0.211. The number of thiophene rings is 1. The highest BCUT2D eigenvalue weighted by Crippen LogP contribution is 2.21. The first-order valence-corrected chi connectivity index (χ1v) is 9.62. The fourth-order valence-electron chi connectivity index (χ4n) is 2.66. The molecule has 1 amide bonds. The van der Waals surface area contributed by atoms with Gasteiger partial charge in [0.2, 0.25) is 5.91 Å². The van der Waals surface area contributed by atoms with E-state index in [9.17, 15) is 4.79 Å². The number of nitrogens with one attached hydrogen (secondary N) is 1. The molecule has 0 aliphatic rings. The van der Waals surface area contributed by atoms with Crippen LogP contribution >= 0.6 is 23.6 Å². The maximum Gasteiger partial charge on any atom is 0.243 e. The van der Waals surface area contributed by atoms with Crippen molar-refractivity contribution in [3.63, 3.8) is 0 Å². The van der Waals surface area contributed by atoms with E-state index in [1.165, 1.54) is 0 Å². The Labute approximate surface area is 166 Å². The predicted octanol–water partition coefficient (Wildman–Crippen LogP) is 3.89. The topological polar surface area (TPSA) is 63.1 Å². The van der Waals surface area contributed by atoms with Crippen LogP contribution in [0.1, 0.15) is 4.88 Å². The molecule has 1 N–H and O–H groups in total. The average Bonchev–Trinajstić information content (AvgIpc) is 3.32. The zero-order chi connectivity index (χ0) is 19.2. The lowest BCUT2D eigenvalue weighted by molar-refractivity contribution is -0.131. The highest BCUT2D eigenvalue weighted by molar-refractivity contribution is 7.71. The molecule has 2 aromatic heterocycles. The van der Waals surface area contributed by atoms with Gasteiger partial charge in [-0.2, -0.15) is 5.10 Å². The van der Waals surface area contributed by atoms with Crippen LogP contribution in [0.5, 0.6) is 5.75 Å². The quantitative estimate of drug-likeness (QED) is 0.460. The van der Waals surface area contributed by atoms with E-state index >= 15 is 0 Å². The Hall–Kier alpha value is -2.71. The van der Waals surface area contributed by atoms with Gasteiger partial charge in [0.1, 0.15) is 12.3 Å². The highest BCUT2D eigenvalue weighted by Gasteiger charge is 2.17. The summed E-state index contributed by atoms with van der Waals surface area (Å²) in [5, 5.41) is 9.07. The minimum atomic E-state index is -0.0458. The standard InChI is InChI=1S/C19H20N4O2S2/c1-3-10-22(12-16-5-4-11-27-16)17(24)13-23-18(20-21-19(23)26)14-6-8-15(25-2)9-7-14/h3-9,11H,1,10,12-13H2,2H3,(H,21,26). The van der Waals surface area contributed by atoms with Gasteiger partial charge < -0.3 is 9.64 Å². The van der Waals surface area contributed by atoms with Crippen LogP contribution in [-0.4, -0.2) is 39.2 Å². The van der Waals surface area contributed by atoms with Crippen molar-refractivity contribution in [2.45, 2.75) is 13.1 Å². The van der Waals surface area contributed by atoms with Crippen LogP contribution in [0.25, 0.3) is 11.4 Å². The summed E-state index contributed by atoms with van der Waals surface area (Å²) in [6.45, 7) is 4.89. The van der Waals surface area contributed by atoms with Crippen molar-refractivity contribution < 1.29 is 9.53 Å². The van der Waals surface area contributed by atoms with Gasteiger partial charge in [-0.3, -0.25) is 14.5 Å². The number of methoxy groups -OCH3 is 1. The smallest absolute Gasteiger partial charge is 0.243 e. The molecule has 0 unspecified atom stereocenters. The number of benzene rings is 1. The maximum absolute atomic E-state index is 12.9. The van der Waals surface area contributed by atoms with Crippen LogP contribution in [0, 0.1) is 4.77 Å². The van der Waals surface area contributed by atoms with E-state index in [0.717, 1.165) is 16.2 Å². The van der Waals surface area contributed by atoms with Crippen LogP contribution in [0.3, 0.4) is 0 Å². The summed E-state index contributed by atoms with van der Waals surface area (Å²) < 4.78 is 7.31. The lowest BCUT2D eigenvalue weighted by atomic mass is 10.2. The van der Waals surface area contributed by atoms with Gasteiger partial charge in [0.05, 0.1) is 13.7 Å². The van der Waals surface area contributed by atoms with Gasteiger partial charge in [-0.15, -0.1) is 17.9 Å². The molecule has 0 fully saturated rings. The van der Waals surface area contributed by atoms with Crippen LogP contribution in [0.4, 0.5) is 0 Å². The fourth-order valence-corrected chi connectivity index (χ4v) is 3.58. The molecule has 27 heavy (non-hydrogen) atoms. The number of H-pyrrole nitrogens is 1. The summed E-state index contributed by atoms with van der Waals surface area (Å²) in [6.07, 6.45) is 1.73. The maximum atomic E-state index is 12.9. The molecule has 0 aliphatic carbocycles. The molecule has 0 bridgehead atoms. The summed E-state index contributed by atoms with van der Waals surface area (Å²) in [4.78, 5) is 15.8. The van der Waals surface area contributed by atoms with E-state index < -0.39 is 0 Å². The Morgan fingerprint density at radius 3 is 2.81 bits per heavy atom. The molecule has 140 valence electrons. The Balaban J connectivity index is 1.83. The van der Waals surface area contributed by atoms with Crippen LogP contribution in [-0.2, 0) is 17.9 Å². The number of ether oxygens (including phenoxy) is 1. The molecule has 0 spiro atoms. The van der Waals surface area contributed by atoms with Crippen molar-refractivity contribution in [2.24, 2.45) is 0 Å². The molecular weight excluding hydrogens is 380 g/mol. The van der Waals surface area contributed by atoms with Gasteiger partial charge >= 0.3 is 0 Å². The number of carbonyl (C=O) groups is 1. The third kappa shape index (κ3) is 4.53. The molecule has 6 nitrogen and oxygen atoms in total. The van der Waals surface area contributed by atoms with Crippen LogP contribution in [0.15, 0.2) is 54.4 Å². The van der Waals surface area contributed by atoms with Crippen molar-refractivity contribution in [2.75, 3.05) is 13.7 Å². The third-order valence-electron chi connectivity index (χ3n) is 4.03. The first kappa shape index (κ1) is 19.1. The molecule has 0 atom stereocenters. The molecule has 3 aromatic rings. The normalized spacial score (nSPS) is 10.6. The molecular formula is C19H20N4O2S2. The minimum absolute atomic E-state index is 0.0458. The van der Waals surface area contributed by atoms with E-state index in [2.05, 4.69) is 16.8 Å². The first-order chi connectivity index (χ1) is 13.1. The van der Waals surface area contributed by atoms with Gasteiger partial charge in [0.25, 0.3) is 0 Å². The molecule has 3 rings (SSSR count). The minimum Gasteiger partial charge on any atom is -0.497 e. The predicted molar refractivity (Wildman–Crippen MR) is 109 cm³/mol. The second kappa shape index (κ2) is 8.79. The second-order valence-electron chi connectivity index (χ2n) is 5.81. The molecule has 1 aromatic carbocycles. The van der Waals surface area contributed by atoms with Gasteiger partial charge in [0, 0.05) is 17.0 Å². The zero-order valence-corrected chi connectivity index (χ0v) is 16.6. The van der Waals surface area contributed by atoms with Crippen LogP contribution < -0.4 is 4.74 Å². The third-order valence-corrected chi connectivity index (χ3v) is 5.20. The number of aromatic nitrogens is 3. The zero-order valence-electron chi connectivity index (χ0n) is 14.9. The highest BCUT2D eigenvalue weighted by atomic mass is 32.1. The summed E-state index contributed by atoms with van der Waals surface area (Å²) >= 11 is 6.96. The van der Waals surface area contributed by atoms with Crippen molar-refractivity contribution in [3.8, 4) is 17.1 Å². The largest absolute Gasteiger partial charge is 0.497 e. The summed E-state index contributed by atoms with van der Waals surface area (Å²) in [5.74, 6) is 1.32. The van der Waals surface area contributed by atoms with Crippen molar-refractivity contribution >= 4 is 29.5 Å². The Kier molecular flexibility index (Phi) is 6.20. The van der Waals surface area contributed by atoms with E-state index in [1.54, 1.807) is 34.0 Å². The van der Waals surface area contributed by atoms with E-state index in [1.807, 2.05) is 41.8 Å². The van der Waals surface area contributed by atoms with Gasteiger partial charge in [-0.1, -0.05) is 12.1 Å². The monoisotopic (exact) mass is 400 g/mol. The summed E-state index contributed by atoms with van der Waals surface area (Å²) in [6, 6.07) is 11.5. The molecule has 0 saturated heterocycles. The molecule has 0 saturated carbocycles. The van der Waals surface area contributed by atoms with Gasteiger partial charge in [-0.05, 0) is 47.9 Å². The van der Waals surface area contributed by atoms with Crippen LogP contribution in [0.2, 0.25) is 0 Å². The lowest BCUT2D eigenvalue weighted by Gasteiger charge is -2.21. The first-order valence-electron chi connectivity index (χ1n) is 8.33. The van der Waals surface area contributed by atoms with E-state index in [-0.39, 0.29) is 12.5 Å².